The molecule has 0 amide bonds. The lowest BCUT2D eigenvalue weighted by molar-refractivity contribution is 0.318. The molecular formula is C12H15N3O3S. The second-order valence-corrected chi connectivity index (χ2v) is 6.26. The van der Waals surface area contributed by atoms with Gasteiger partial charge >= 0.3 is 0 Å². The van der Waals surface area contributed by atoms with Crippen LogP contribution in [0.4, 0.5) is 0 Å². The van der Waals surface area contributed by atoms with E-state index in [2.05, 4.69) is 10.5 Å². The normalized spacial score (nSPS) is 21.7. The Morgan fingerprint density at radius 2 is 2.11 bits per heavy atom. The summed E-state index contributed by atoms with van der Waals surface area (Å²) in [6.45, 7) is 0.557. The monoisotopic (exact) mass is 281 g/mol. The Morgan fingerprint density at radius 3 is 2.63 bits per heavy atom. The van der Waals surface area contributed by atoms with Crippen molar-refractivity contribution in [2.75, 3.05) is 5.75 Å². The van der Waals surface area contributed by atoms with E-state index in [9.17, 15) is 8.42 Å². The van der Waals surface area contributed by atoms with Gasteiger partial charge in [0, 0.05) is 23.6 Å². The molecule has 0 fully saturated rings. The summed E-state index contributed by atoms with van der Waals surface area (Å²) in [5.74, 6) is 0.166. The third kappa shape index (κ3) is 3.55. The van der Waals surface area contributed by atoms with Crippen LogP contribution in [0.15, 0.2) is 40.9 Å². The van der Waals surface area contributed by atoms with Crippen LogP contribution in [0.1, 0.15) is 11.1 Å². The predicted octanol–water partition coefficient (Wildman–Crippen LogP) is 0.181. The summed E-state index contributed by atoms with van der Waals surface area (Å²) < 4.78 is 22.5. The van der Waals surface area contributed by atoms with Crippen LogP contribution in [-0.4, -0.2) is 31.3 Å². The van der Waals surface area contributed by atoms with Gasteiger partial charge in [-0.25, -0.2) is 8.42 Å². The van der Waals surface area contributed by atoms with E-state index in [-0.39, 0.29) is 17.6 Å². The van der Waals surface area contributed by atoms with Crippen LogP contribution < -0.4 is 11.1 Å². The molecule has 7 heteroatoms. The average molecular weight is 281 g/mol. The maximum absolute atomic E-state index is 11.2. The van der Waals surface area contributed by atoms with Crippen molar-refractivity contribution in [3.05, 3.63) is 46.9 Å². The Hall–Kier alpha value is -1.86. The summed E-state index contributed by atoms with van der Waals surface area (Å²) in [6.07, 6.45) is 1.65. The minimum Gasteiger partial charge on any atom is -0.409 e. The summed E-state index contributed by atoms with van der Waals surface area (Å²) in [5.41, 5.74) is 7.08. The lowest BCUT2D eigenvalue weighted by Gasteiger charge is -2.10. The molecule has 1 aromatic carbocycles. The molecule has 4 N–H and O–H groups in total. The van der Waals surface area contributed by atoms with Crippen LogP contribution in [0.2, 0.25) is 0 Å². The molecule has 19 heavy (non-hydrogen) atoms. The van der Waals surface area contributed by atoms with Crippen molar-refractivity contribution in [1.29, 1.82) is 0 Å². The van der Waals surface area contributed by atoms with Crippen molar-refractivity contribution in [3.63, 3.8) is 0 Å². The Bertz CT molecular complexity index is 606. The van der Waals surface area contributed by atoms with Gasteiger partial charge in [0.1, 0.15) is 0 Å². The molecule has 2 rings (SSSR count). The minimum atomic E-state index is -3.02. The van der Waals surface area contributed by atoms with Gasteiger partial charge in [-0.15, -0.1) is 0 Å². The molecule has 0 spiro atoms. The smallest absolute Gasteiger partial charge is 0.173 e. The van der Waals surface area contributed by atoms with Crippen LogP contribution in [0.5, 0.6) is 0 Å². The second kappa shape index (κ2) is 5.41. The van der Waals surface area contributed by atoms with Crippen molar-refractivity contribution < 1.29 is 13.6 Å². The molecule has 6 nitrogen and oxygen atoms in total. The van der Waals surface area contributed by atoms with Crippen molar-refractivity contribution in [1.82, 2.24) is 5.32 Å². The molecule has 1 heterocycles. The van der Waals surface area contributed by atoms with Crippen molar-refractivity contribution in [2.45, 2.75) is 12.6 Å². The SMILES string of the molecule is NC(=NO)c1ccc(CNC2C=CS(=O)(=O)C2)cc1. The van der Waals surface area contributed by atoms with Crippen LogP contribution in [0.25, 0.3) is 0 Å². The Labute approximate surface area is 111 Å². The fourth-order valence-corrected chi connectivity index (χ4v) is 3.07. The molecule has 1 unspecified atom stereocenters. The quantitative estimate of drug-likeness (QED) is 0.316. The highest BCUT2D eigenvalue weighted by molar-refractivity contribution is 7.94. The first-order valence-corrected chi connectivity index (χ1v) is 7.43. The van der Waals surface area contributed by atoms with Crippen LogP contribution in [0.3, 0.4) is 0 Å². The van der Waals surface area contributed by atoms with Gasteiger partial charge in [0.15, 0.2) is 15.7 Å². The van der Waals surface area contributed by atoms with Gasteiger partial charge < -0.3 is 16.3 Å². The zero-order valence-corrected chi connectivity index (χ0v) is 11.0. The van der Waals surface area contributed by atoms with Crippen LogP contribution in [0, 0.1) is 0 Å². The fourth-order valence-electron chi connectivity index (χ4n) is 1.80. The van der Waals surface area contributed by atoms with Crippen LogP contribution >= 0.6 is 0 Å². The first-order chi connectivity index (χ1) is 9.00. The number of oxime groups is 1. The highest BCUT2D eigenvalue weighted by Gasteiger charge is 2.20. The fraction of sp³-hybridized carbons (Fsp3) is 0.250. The largest absolute Gasteiger partial charge is 0.409 e. The molecule has 0 radical (unpaired) electrons. The van der Waals surface area contributed by atoms with E-state index >= 15 is 0 Å². The molecule has 1 atom stereocenters. The number of hydrogen-bond acceptors (Lipinski definition) is 5. The Morgan fingerprint density at radius 1 is 1.42 bits per heavy atom. The zero-order chi connectivity index (χ0) is 13.9. The molecular weight excluding hydrogens is 266 g/mol. The summed E-state index contributed by atoms with van der Waals surface area (Å²) in [6, 6.07) is 7.02. The number of benzene rings is 1. The van der Waals surface area contributed by atoms with Gasteiger partial charge in [-0.3, -0.25) is 0 Å². The minimum absolute atomic E-state index is 0.0596. The average Bonchev–Trinajstić information content (AvgIpc) is 2.76. The number of hydrogen-bond donors (Lipinski definition) is 3. The Kier molecular flexibility index (Phi) is 3.87. The van der Waals surface area contributed by atoms with Gasteiger partial charge in [0.2, 0.25) is 0 Å². The molecule has 1 aromatic rings. The van der Waals surface area contributed by atoms with E-state index in [1.165, 1.54) is 5.41 Å². The third-order valence-electron chi connectivity index (χ3n) is 2.86. The van der Waals surface area contributed by atoms with Crippen LogP contribution in [-0.2, 0) is 16.4 Å². The van der Waals surface area contributed by atoms with E-state index in [0.717, 1.165) is 5.56 Å². The predicted molar refractivity (Wildman–Crippen MR) is 72.5 cm³/mol. The summed E-state index contributed by atoms with van der Waals surface area (Å²) in [5, 5.41) is 15.8. The highest BCUT2D eigenvalue weighted by Crippen LogP contribution is 2.09. The summed E-state index contributed by atoms with van der Waals surface area (Å²) in [4.78, 5) is 0. The lowest BCUT2D eigenvalue weighted by Crippen LogP contribution is -2.29. The number of nitrogens with zero attached hydrogens (tertiary/aromatic N) is 1. The van der Waals surface area contributed by atoms with Crippen molar-refractivity contribution in [2.24, 2.45) is 10.9 Å². The number of nitrogens with two attached hydrogens (primary N) is 1. The molecule has 1 aliphatic heterocycles. The van der Waals surface area contributed by atoms with E-state index in [4.69, 9.17) is 10.9 Å². The number of rotatable bonds is 4. The molecule has 1 aliphatic rings. The maximum atomic E-state index is 11.2. The second-order valence-electron chi connectivity index (χ2n) is 4.33. The van der Waals surface area contributed by atoms with E-state index in [1.54, 1.807) is 18.2 Å². The molecule has 0 saturated carbocycles. The molecule has 0 aliphatic carbocycles. The molecule has 0 saturated heterocycles. The first kappa shape index (κ1) is 13.6. The number of sulfone groups is 1. The summed E-state index contributed by atoms with van der Waals surface area (Å²) in [7, 11) is -3.02. The van der Waals surface area contributed by atoms with E-state index in [1.807, 2.05) is 12.1 Å². The van der Waals surface area contributed by atoms with Gasteiger partial charge in [-0.1, -0.05) is 35.5 Å². The molecule has 0 aromatic heterocycles. The van der Waals surface area contributed by atoms with Gasteiger partial charge in [-0.2, -0.15) is 0 Å². The first-order valence-electron chi connectivity index (χ1n) is 5.71. The molecule has 102 valence electrons. The van der Waals surface area contributed by atoms with Gasteiger partial charge in [-0.05, 0) is 5.56 Å². The third-order valence-corrected chi connectivity index (χ3v) is 4.25. The molecule has 0 bridgehead atoms. The van der Waals surface area contributed by atoms with Gasteiger partial charge in [0.25, 0.3) is 0 Å². The highest BCUT2D eigenvalue weighted by atomic mass is 32.2. The van der Waals surface area contributed by atoms with Crippen molar-refractivity contribution in [3.8, 4) is 0 Å². The standard InChI is InChI=1S/C12H15N3O3S/c13-12(15-16)10-3-1-9(2-4-10)7-14-11-5-6-19(17,18)8-11/h1-6,11,14,16H,7-8H2,(H2,13,15). The van der Waals surface area contributed by atoms with Crippen molar-refractivity contribution >= 4 is 15.7 Å². The summed E-state index contributed by atoms with van der Waals surface area (Å²) >= 11 is 0. The van der Waals surface area contributed by atoms with E-state index in [0.29, 0.717) is 12.1 Å². The van der Waals surface area contributed by atoms with E-state index < -0.39 is 9.84 Å². The van der Waals surface area contributed by atoms with Gasteiger partial charge in [0.05, 0.1) is 5.75 Å². The number of amidine groups is 1. The number of nitrogens with one attached hydrogen (secondary N) is 1. The maximum Gasteiger partial charge on any atom is 0.173 e. The zero-order valence-electron chi connectivity index (χ0n) is 10.2. The lowest BCUT2D eigenvalue weighted by atomic mass is 10.1. The Balaban J connectivity index is 1.93. The topological polar surface area (TPSA) is 105 Å².